The Bertz CT molecular complexity index is 551. The molecule has 2 N–H and O–H groups in total. The van der Waals surface area contributed by atoms with Gasteiger partial charge in [0.15, 0.2) is 5.82 Å². The van der Waals surface area contributed by atoms with Crippen molar-refractivity contribution in [2.24, 2.45) is 0 Å². The van der Waals surface area contributed by atoms with E-state index in [2.05, 4.69) is 38.8 Å². The summed E-state index contributed by atoms with van der Waals surface area (Å²) in [7, 11) is 0. The Hall–Kier alpha value is -2.17. The van der Waals surface area contributed by atoms with Crippen molar-refractivity contribution in [2.45, 2.75) is 25.8 Å². The predicted octanol–water partition coefficient (Wildman–Crippen LogP) is 2.50. The molecule has 3 rings (SSSR count). The topological polar surface area (TPSA) is 62.7 Å². The maximum absolute atomic E-state index is 4.38. The van der Waals surface area contributed by atoms with E-state index in [9.17, 15) is 0 Å². The Labute approximate surface area is 106 Å². The van der Waals surface area contributed by atoms with Gasteiger partial charge in [-0.25, -0.2) is 0 Å². The molecule has 0 bridgehead atoms. The van der Waals surface area contributed by atoms with Gasteiger partial charge in [-0.15, -0.1) is 5.10 Å². The lowest BCUT2D eigenvalue weighted by molar-refractivity contribution is 0.965. The normalized spacial score (nSPS) is 14.3. The molecule has 1 fully saturated rings. The van der Waals surface area contributed by atoms with Crippen molar-refractivity contribution in [3.05, 3.63) is 36.0 Å². The van der Waals surface area contributed by atoms with Gasteiger partial charge in [-0.1, -0.05) is 12.1 Å². The number of anilines is 3. The van der Waals surface area contributed by atoms with Crippen molar-refractivity contribution < 1.29 is 0 Å². The highest BCUT2D eigenvalue weighted by molar-refractivity contribution is 5.55. The van der Waals surface area contributed by atoms with Gasteiger partial charge >= 0.3 is 0 Å². The van der Waals surface area contributed by atoms with Gasteiger partial charge in [-0.2, -0.15) is 10.1 Å². The highest BCUT2D eigenvalue weighted by Crippen LogP contribution is 2.23. The lowest BCUT2D eigenvalue weighted by Gasteiger charge is -2.07. The van der Waals surface area contributed by atoms with E-state index in [4.69, 9.17) is 0 Å². The van der Waals surface area contributed by atoms with Crippen LogP contribution in [0.15, 0.2) is 30.5 Å². The van der Waals surface area contributed by atoms with Crippen LogP contribution in [0.25, 0.3) is 0 Å². The minimum Gasteiger partial charge on any atom is -0.366 e. The third-order valence-electron chi connectivity index (χ3n) is 2.76. The summed E-state index contributed by atoms with van der Waals surface area (Å²) in [6, 6.07) is 8.64. The molecule has 0 saturated heterocycles. The van der Waals surface area contributed by atoms with Gasteiger partial charge < -0.3 is 10.6 Å². The molecule has 18 heavy (non-hydrogen) atoms. The molecule has 1 heterocycles. The van der Waals surface area contributed by atoms with E-state index >= 15 is 0 Å². The fourth-order valence-electron chi connectivity index (χ4n) is 1.71. The molecule has 0 unspecified atom stereocenters. The van der Waals surface area contributed by atoms with Crippen LogP contribution in [0.2, 0.25) is 0 Å². The van der Waals surface area contributed by atoms with E-state index in [0.717, 1.165) is 11.5 Å². The molecule has 5 nitrogen and oxygen atoms in total. The summed E-state index contributed by atoms with van der Waals surface area (Å²) in [5.41, 5.74) is 2.17. The number of hydrogen-bond donors (Lipinski definition) is 2. The smallest absolute Gasteiger partial charge is 0.249 e. The largest absolute Gasteiger partial charge is 0.366 e. The van der Waals surface area contributed by atoms with Crippen molar-refractivity contribution in [3.63, 3.8) is 0 Å². The molecule has 0 atom stereocenters. The first kappa shape index (κ1) is 11.0. The number of benzene rings is 1. The number of nitrogens with zero attached hydrogens (tertiary/aromatic N) is 3. The number of aromatic nitrogens is 3. The lowest BCUT2D eigenvalue weighted by atomic mass is 10.2. The minimum atomic E-state index is 0.520. The van der Waals surface area contributed by atoms with E-state index in [0.29, 0.717) is 12.0 Å². The molecule has 5 heteroatoms. The Morgan fingerprint density at radius 1 is 1.28 bits per heavy atom. The van der Waals surface area contributed by atoms with Gasteiger partial charge in [0.1, 0.15) is 0 Å². The van der Waals surface area contributed by atoms with Crippen molar-refractivity contribution in [2.75, 3.05) is 10.6 Å². The number of aryl methyl sites for hydroxylation is 1. The minimum absolute atomic E-state index is 0.520. The van der Waals surface area contributed by atoms with E-state index in [1.165, 1.54) is 18.4 Å². The zero-order chi connectivity index (χ0) is 12.4. The van der Waals surface area contributed by atoms with Gasteiger partial charge in [0.25, 0.3) is 0 Å². The number of nitrogens with one attached hydrogen (secondary N) is 2. The zero-order valence-corrected chi connectivity index (χ0v) is 10.2. The van der Waals surface area contributed by atoms with Crippen LogP contribution in [0, 0.1) is 6.92 Å². The monoisotopic (exact) mass is 241 g/mol. The lowest BCUT2D eigenvalue weighted by Crippen LogP contribution is -2.06. The highest BCUT2D eigenvalue weighted by Gasteiger charge is 2.21. The van der Waals surface area contributed by atoms with Gasteiger partial charge in [0, 0.05) is 11.7 Å². The maximum Gasteiger partial charge on any atom is 0.249 e. The summed E-state index contributed by atoms with van der Waals surface area (Å²) < 4.78 is 0. The molecule has 1 aliphatic carbocycles. The fourth-order valence-corrected chi connectivity index (χ4v) is 1.71. The third kappa shape index (κ3) is 2.74. The number of hydrogen-bond acceptors (Lipinski definition) is 5. The van der Waals surface area contributed by atoms with Gasteiger partial charge in [-0.3, -0.25) is 0 Å². The molecule has 0 aliphatic heterocycles. The second-order valence-corrected chi connectivity index (χ2v) is 4.58. The van der Waals surface area contributed by atoms with Crippen LogP contribution in [0.5, 0.6) is 0 Å². The van der Waals surface area contributed by atoms with Crippen LogP contribution in [0.3, 0.4) is 0 Å². The Kier molecular flexibility index (Phi) is 2.80. The van der Waals surface area contributed by atoms with Crippen molar-refractivity contribution in [1.29, 1.82) is 0 Å². The third-order valence-corrected chi connectivity index (χ3v) is 2.76. The first-order valence-corrected chi connectivity index (χ1v) is 6.09. The Balaban J connectivity index is 1.75. The Morgan fingerprint density at radius 2 is 2.17 bits per heavy atom. The zero-order valence-electron chi connectivity index (χ0n) is 10.2. The average molecular weight is 241 g/mol. The second kappa shape index (κ2) is 4.60. The second-order valence-electron chi connectivity index (χ2n) is 4.58. The summed E-state index contributed by atoms with van der Waals surface area (Å²) in [6.07, 6.45) is 4.08. The standard InChI is InChI=1S/C13H15N5/c1-9-3-2-4-11(7-9)16-13-17-12(8-14-18-13)15-10-5-6-10/h2-4,7-8,10H,5-6H2,1H3,(H2,15,16,17,18). The van der Waals surface area contributed by atoms with E-state index in [1.54, 1.807) is 6.20 Å². The van der Waals surface area contributed by atoms with Crippen LogP contribution in [0.1, 0.15) is 18.4 Å². The molecule has 1 aromatic heterocycles. The molecular formula is C13H15N5. The van der Waals surface area contributed by atoms with Gasteiger partial charge in [0.05, 0.1) is 6.20 Å². The average Bonchev–Trinajstić information content (AvgIpc) is 3.13. The first-order chi connectivity index (χ1) is 8.79. The van der Waals surface area contributed by atoms with Gasteiger partial charge in [0.2, 0.25) is 5.95 Å². The first-order valence-electron chi connectivity index (χ1n) is 6.09. The molecule has 1 aliphatic rings. The summed E-state index contributed by atoms with van der Waals surface area (Å²) in [4.78, 5) is 4.38. The van der Waals surface area contributed by atoms with Crippen LogP contribution in [-0.4, -0.2) is 21.2 Å². The van der Waals surface area contributed by atoms with Crippen LogP contribution in [-0.2, 0) is 0 Å². The molecule has 1 aromatic carbocycles. The quantitative estimate of drug-likeness (QED) is 0.861. The molecule has 2 aromatic rings. The summed E-state index contributed by atoms with van der Waals surface area (Å²) in [6.45, 7) is 2.05. The fraction of sp³-hybridized carbons (Fsp3) is 0.308. The van der Waals surface area contributed by atoms with Crippen LogP contribution in [0.4, 0.5) is 17.5 Å². The van der Waals surface area contributed by atoms with E-state index in [-0.39, 0.29) is 0 Å². The van der Waals surface area contributed by atoms with Crippen LogP contribution >= 0.6 is 0 Å². The van der Waals surface area contributed by atoms with Crippen molar-refractivity contribution in [1.82, 2.24) is 15.2 Å². The molecular weight excluding hydrogens is 226 g/mol. The molecule has 0 radical (unpaired) electrons. The van der Waals surface area contributed by atoms with Crippen LogP contribution < -0.4 is 10.6 Å². The molecule has 0 spiro atoms. The maximum atomic E-state index is 4.38. The summed E-state index contributed by atoms with van der Waals surface area (Å²) in [5.74, 6) is 1.30. The molecule has 92 valence electrons. The van der Waals surface area contributed by atoms with Gasteiger partial charge in [-0.05, 0) is 37.5 Å². The Morgan fingerprint density at radius 3 is 2.94 bits per heavy atom. The predicted molar refractivity (Wildman–Crippen MR) is 70.9 cm³/mol. The molecule has 0 amide bonds. The SMILES string of the molecule is Cc1cccc(Nc2nncc(NC3CC3)n2)c1. The highest BCUT2D eigenvalue weighted by atomic mass is 15.3. The molecule has 1 saturated carbocycles. The number of rotatable bonds is 4. The van der Waals surface area contributed by atoms with Crippen molar-refractivity contribution >= 4 is 17.5 Å². The summed E-state index contributed by atoms with van der Waals surface area (Å²) >= 11 is 0. The summed E-state index contributed by atoms with van der Waals surface area (Å²) in [5, 5.41) is 14.4. The van der Waals surface area contributed by atoms with E-state index in [1.807, 2.05) is 18.2 Å². The van der Waals surface area contributed by atoms with E-state index < -0.39 is 0 Å². The van der Waals surface area contributed by atoms with Crippen molar-refractivity contribution in [3.8, 4) is 0 Å².